The van der Waals surface area contributed by atoms with Gasteiger partial charge in [-0.25, -0.2) is 0 Å². The molecule has 0 aromatic rings. The Morgan fingerprint density at radius 3 is 2.64 bits per heavy atom. The summed E-state index contributed by atoms with van der Waals surface area (Å²) in [6.45, 7) is 2.70. The lowest BCUT2D eigenvalue weighted by Gasteiger charge is -2.32. The molecule has 64 valence electrons. The minimum absolute atomic E-state index is 0.0940. The van der Waals surface area contributed by atoms with Gasteiger partial charge >= 0.3 is 5.97 Å². The van der Waals surface area contributed by atoms with E-state index in [9.17, 15) is 4.79 Å². The number of hydrogen-bond donors (Lipinski definition) is 0. The highest BCUT2D eigenvalue weighted by Crippen LogP contribution is 2.30. The van der Waals surface area contributed by atoms with Gasteiger partial charge < -0.3 is 9.47 Å². The number of ether oxygens (including phenoxy) is 2. The summed E-state index contributed by atoms with van der Waals surface area (Å²) in [6.07, 6.45) is 1.96. The summed E-state index contributed by atoms with van der Waals surface area (Å²) in [4.78, 5) is 10.9. The van der Waals surface area contributed by atoms with Gasteiger partial charge in [0.1, 0.15) is 0 Å². The normalized spacial score (nSPS) is 29.3. The lowest BCUT2D eigenvalue weighted by atomic mass is 9.82. The molecule has 1 rings (SSSR count). The van der Waals surface area contributed by atoms with E-state index in [1.807, 2.05) is 6.92 Å². The maximum atomic E-state index is 10.9. The first-order valence-corrected chi connectivity index (χ1v) is 3.97. The van der Waals surface area contributed by atoms with E-state index in [0.717, 1.165) is 19.4 Å². The van der Waals surface area contributed by atoms with E-state index in [1.54, 1.807) is 0 Å². The number of carbonyl (C=O) groups excluding carboxylic acids is 1. The first kappa shape index (κ1) is 8.53. The molecule has 1 fully saturated rings. The van der Waals surface area contributed by atoms with Crippen LogP contribution in [0, 0.1) is 5.92 Å². The summed E-state index contributed by atoms with van der Waals surface area (Å²) >= 11 is 0. The minimum Gasteiger partial charge on any atom is -0.469 e. The maximum absolute atomic E-state index is 10.9. The van der Waals surface area contributed by atoms with Crippen molar-refractivity contribution < 1.29 is 14.3 Å². The highest BCUT2D eigenvalue weighted by molar-refractivity contribution is 5.73. The smallest absolute Gasteiger partial charge is 0.308 e. The molecule has 0 aromatic heterocycles. The van der Waals surface area contributed by atoms with E-state index < -0.39 is 0 Å². The molecule has 0 atom stereocenters. The summed E-state index contributed by atoms with van der Waals surface area (Å²) in [5, 5.41) is 0. The van der Waals surface area contributed by atoms with Gasteiger partial charge in [0.15, 0.2) is 0 Å². The second-order valence-electron chi connectivity index (χ2n) is 2.77. The SMILES string of the molecule is CCO[C@H]1C[C@@H](C(=O)OC)C1. The van der Waals surface area contributed by atoms with Crippen LogP contribution >= 0.6 is 0 Å². The molecule has 0 aromatic carbocycles. The van der Waals surface area contributed by atoms with Crippen molar-refractivity contribution in [2.75, 3.05) is 13.7 Å². The second kappa shape index (κ2) is 3.72. The Kier molecular flexibility index (Phi) is 2.88. The fourth-order valence-corrected chi connectivity index (χ4v) is 1.30. The molecule has 0 amide bonds. The largest absolute Gasteiger partial charge is 0.469 e. The molecule has 0 radical (unpaired) electrons. The van der Waals surface area contributed by atoms with Crippen molar-refractivity contribution in [3.05, 3.63) is 0 Å². The van der Waals surface area contributed by atoms with E-state index in [4.69, 9.17) is 4.74 Å². The fourth-order valence-electron chi connectivity index (χ4n) is 1.30. The molecule has 3 nitrogen and oxygen atoms in total. The van der Waals surface area contributed by atoms with Crippen LogP contribution in [0.1, 0.15) is 19.8 Å². The van der Waals surface area contributed by atoms with Crippen LogP contribution in [-0.2, 0) is 14.3 Å². The molecule has 1 saturated carbocycles. The van der Waals surface area contributed by atoms with Crippen molar-refractivity contribution >= 4 is 5.97 Å². The number of carbonyl (C=O) groups is 1. The van der Waals surface area contributed by atoms with Gasteiger partial charge in [-0.05, 0) is 19.8 Å². The van der Waals surface area contributed by atoms with Crippen LogP contribution in [0.15, 0.2) is 0 Å². The Balaban J connectivity index is 2.13. The Labute approximate surface area is 66.7 Å². The first-order valence-electron chi connectivity index (χ1n) is 3.97. The molecule has 0 aliphatic heterocycles. The maximum Gasteiger partial charge on any atom is 0.308 e. The van der Waals surface area contributed by atoms with E-state index in [0.29, 0.717) is 6.10 Å². The lowest BCUT2D eigenvalue weighted by molar-refractivity contribution is -0.154. The lowest BCUT2D eigenvalue weighted by Crippen LogP contribution is -2.36. The molecule has 1 aliphatic rings. The number of methoxy groups -OCH3 is 1. The van der Waals surface area contributed by atoms with Crippen LogP contribution < -0.4 is 0 Å². The monoisotopic (exact) mass is 158 g/mol. The molecule has 1 aliphatic carbocycles. The second-order valence-corrected chi connectivity index (χ2v) is 2.77. The Morgan fingerprint density at radius 1 is 1.55 bits per heavy atom. The third kappa shape index (κ3) is 1.93. The molecule has 3 heteroatoms. The zero-order chi connectivity index (χ0) is 8.27. The number of rotatable bonds is 3. The predicted octanol–water partition coefficient (Wildman–Crippen LogP) is 0.975. The Hall–Kier alpha value is -0.570. The van der Waals surface area contributed by atoms with Crippen molar-refractivity contribution in [2.45, 2.75) is 25.9 Å². The topological polar surface area (TPSA) is 35.5 Å². The van der Waals surface area contributed by atoms with Crippen molar-refractivity contribution in [2.24, 2.45) is 5.92 Å². The van der Waals surface area contributed by atoms with E-state index in [1.165, 1.54) is 7.11 Å². The van der Waals surface area contributed by atoms with Crippen LogP contribution in [0.2, 0.25) is 0 Å². The average Bonchev–Trinajstić information content (AvgIpc) is 1.94. The molecule has 0 saturated heterocycles. The van der Waals surface area contributed by atoms with Crippen molar-refractivity contribution in [3.63, 3.8) is 0 Å². The van der Waals surface area contributed by atoms with E-state index in [-0.39, 0.29) is 11.9 Å². The van der Waals surface area contributed by atoms with Gasteiger partial charge in [0.05, 0.1) is 19.1 Å². The number of hydrogen-bond acceptors (Lipinski definition) is 3. The fraction of sp³-hybridized carbons (Fsp3) is 0.875. The van der Waals surface area contributed by atoms with Gasteiger partial charge in [0.2, 0.25) is 0 Å². The van der Waals surface area contributed by atoms with Crippen LogP contribution in [0.4, 0.5) is 0 Å². The predicted molar refractivity (Wildman–Crippen MR) is 40.2 cm³/mol. The van der Waals surface area contributed by atoms with E-state index >= 15 is 0 Å². The Morgan fingerprint density at radius 2 is 2.18 bits per heavy atom. The zero-order valence-electron chi connectivity index (χ0n) is 7.00. The highest BCUT2D eigenvalue weighted by atomic mass is 16.5. The van der Waals surface area contributed by atoms with Crippen molar-refractivity contribution in [3.8, 4) is 0 Å². The standard InChI is InChI=1S/C8H14O3/c1-3-11-7-4-6(5-7)8(9)10-2/h6-7H,3-5H2,1-2H3/t6-,7+. The zero-order valence-corrected chi connectivity index (χ0v) is 7.00. The summed E-state index contributed by atoms with van der Waals surface area (Å²) in [5.41, 5.74) is 0. The van der Waals surface area contributed by atoms with Gasteiger partial charge in [-0.15, -0.1) is 0 Å². The Bertz CT molecular complexity index is 138. The van der Waals surface area contributed by atoms with Crippen LogP contribution in [0.5, 0.6) is 0 Å². The number of esters is 1. The molecular formula is C8H14O3. The molecule has 0 N–H and O–H groups in total. The molecule has 0 spiro atoms. The summed E-state index contributed by atoms with van der Waals surface area (Å²) in [7, 11) is 1.43. The van der Waals surface area contributed by atoms with Gasteiger partial charge in [0, 0.05) is 6.61 Å². The van der Waals surface area contributed by atoms with Crippen molar-refractivity contribution in [1.29, 1.82) is 0 Å². The highest BCUT2D eigenvalue weighted by Gasteiger charge is 2.35. The minimum atomic E-state index is -0.0963. The van der Waals surface area contributed by atoms with Gasteiger partial charge in [0.25, 0.3) is 0 Å². The molecular weight excluding hydrogens is 144 g/mol. The van der Waals surface area contributed by atoms with Gasteiger partial charge in [-0.2, -0.15) is 0 Å². The quantitative estimate of drug-likeness (QED) is 0.574. The van der Waals surface area contributed by atoms with Crippen LogP contribution in [0.25, 0.3) is 0 Å². The third-order valence-corrected chi connectivity index (χ3v) is 2.03. The third-order valence-electron chi connectivity index (χ3n) is 2.03. The summed E-state index contributed by atoms with van der Waals surface area (Å²) in [5.74, 6) is -0.00231. The molecule has 0 heterocycles. The summed E-state index contributed by atoms with van der Waals surface area (Å²) < 4.78 is 9.88. The molecule has 0 bridgehead atoms. The molecule has 11 heavy (non-hydrogen) atoms. The van der Waals surface area contributed by atoms with Crippen LogP contribution in [0.3, 0.4) is 0 Å². The summed E-state index contributed by atoms with van der Waals surface area (Å²) in [6, 6.07) is 0. The molecule has 0 unspecified atom stereocenters. The van der Waals surface area contributed by atoms with Crippen molar-refractivity contribution in [1.82, 2.24) is 0 Å². The first-order chi connectivity index (χ1) is 5.27. The average molecular weight is 158 g/mol. The van der Waals surface area contributed by atoms with Gasteiger partial charge in [-0.1, -0.05) is 0 Å². The van der Waals surface area contributed by atoms with Gasteiger partial charge in [-0.3, -0.25) is 4.79 Å². The van der Waals surface area contributed by atoms with E-state index in [2.05, 4.69) is 4.74 Å². The van der Waals surface area contributed by atoms with Crippen LogP contribution in [-0.4, -0.2) is 25.8 Å².